The molecule has 0 aromatic carbocycles. The predicted octanol–water partition coefficient (Wildman–Crippen LogP) is 3.91. The second-order valence-corrected chi connectivity index (χ2v) is 8.06. The van der Waals surface area contributed by atoms with Gasteiger partial charge in [0, 0.05) is 50.5 Å². The number of aryl methyl sites for hydroxylation is 1. The van der Waals surface area contributed by atoms with Crippen LogP contribution in [0.25, 0.3) is 22.2 Å². The number of hydrogen-bond acceptors (Lipinski definition) is 8. The highest BCUT2D eigenvalue weighted by molar-refractivity contribution is 6.10. The van der Waals surface area contributed by atoms with Crippen molar-refractivity contribution in [3.05, 3.63) is 42.3 Å². The van der Waals surface area contributed by atoms with Crippen molar-refractivity contribution in [2.24, 2.45) is 7.05 Å². The lowest BCUT2D eigenvalue weighted by Gasteiger charge is -2.34. The lowest BCUT2D eigenvalue weighted by atomic mass is 10.0. The quantitative estimate of drug-likeness (QED) is 0.485. The molecule has 11 nitrogen and oxygen atoms in total. The average Bonchev–Trinajstić information content (AvgIpc) is 3.47. The van der Waals surface area contributed by atoms with Gasteiger partial charge in [-0.1, -0.05) is 0 Å². The summed E-state index contributed by atoms with van der Waals surface area (Å²) < 4.78 is 18.8. The number of carbonyl (C=O) groups excluding carboxylic acids is 2. The number of fused-ring (bicyclic) bond motifs is 1. The van der Waals surface area contributed by atoms with Crippen LogP contribution in [0.15, 0.2) is 40.9 Å². The third-order valence-electron chi connectivity index (χ3n) is 5.88. The minimum atomic E-state index is -0.585. The van der Waals surface area contributed by atoms with Gasteiger partial charge >= 0.3 is 12.0 Å². The van der Waals surface area contributed by atoms with E-state index in [1.165, 1.54) is 19.1 Å². The number of ether oxygens (including phenoxy) is 2. The second kappa shape index (κ2) is 10.2. The zero-order valence-electron chi connectivity index (χ0n) is 20.5. The van der Waals surface area contributed by atoms with Crippen LogP contribution in [-0.2, 0) is 21.4 Å². The van der Waals surface area contributed by atoms with E-state index in [0.717, 1.165) is 21.9 Å². The Kier molecular flexibility index (Phi) is 7.06. The number of pyridine rings is 1. The maximum atomic E-state index is 13.4. The van der Waals surface area contributed by atoms with Crippen LogP contribution in [0.3, 0.4) is 0 Å². The molecule has 1 atom stereocenters. The molecule has 0 aliphatic carbocycles. The fourth-order valence-corrected chi connectivity index (χ4v) is 4.07. The molecule has 0 radical (unpaired) electrons. The summed E-state index contributed by atoms with van der Waals surface area (Å²) in [6.45, 7) is 4.21. The Morgan fingerprint density at radius 3 is 2.77 bits per heavy atom. The van der Waals surface area contributed by atoms with Crippen molar-refractivity contribution in [2.75, 3.05) is 32.3 Å². The molecule has 0 bridgehead atoms. The van der Waals surface area contributed by atoms with Gasteiger partial charge in [0.15, 0.2) is 0 Å². The summed E-state index contributed by atoms with van der Waals surface area (Å²) in [6, 6.07) is 1.51. The minimum Gasteiger partial charge on any atom is -0.498 e. The first-order valence-corrected chi connectivity index (χ1v) is 11.4. The molecule has 4 heterocycles. The Labute approximate surface area is 202 Å². The SMILES string of the molecule is C/C=C1\C[C@@H](N(C(=O)OCC)c2c(C(=O)N(C)OC)oc3ncc(-c4cnn(C)c4)cc23)CCO1. The van der Waals surface area contributed by atoms with E-state index in [2.05, 4.69) is 10.1 Å². The van der Waals surface area contributed by atoms with Gasteiger partial charge in [-0.3, -0.25) is 19.2 Å². The molecule has 0 unspecified atom stereocenters. The lowest BCUT2D eigenvalue weighted by Crippen LogP contribution is -2.44. The summed E-state index contributed by atoms with van der Waals surface area (Å²) in [6.07, 6.45) is 7.51. The Hall–Kier alpha value is -3.86. The van der Waals surface area contributed by atoms with Gasteiger partial charge in [-0.25, -0.2) is 14.8 Å². The van der Waals surface area contributed by atoms with E-state index >= 15 is 0 Å². The van der Waals surface area contributed by atoms with Crippen molar-refractivity contribution in [1.29, 1.82) is 0 Å². The monoisotopic (exact) mass is 483 g/mol. The Morgan fingerprint density at radius 1 is 1.31 bits per heavy atom. The number of furan rings is 1. The number of amides is 2. The molecular formula is C24H29N5O6. The molecule has 1 aliphatic rings. The van der Waals surface area contributed by atoms with Crippen LogP contribution in [0.4, 0.5) is 10.5 Å². The van der Waals surface area contributed by atoms with Crippen LogP contribution in [0, 0.1) is 0 Å². The third kappa shape index (κ3) is 4.72. The molecular weight excluding hydrogens is 454 g/mol. The van der Waals surface area contributed by atoms with Gasteiger partial charge in [0.2, 0.25) is 11.5 Å². The van der Waals surface area contributed by atoms with Gasteiger partial charge in [0.25, 0.3) is 0 Å². The van der Waals surface area contributed by atoms with E-state index in [0.29, 0.717) is 24.8 Å². The first-order valence-electron chi connectivity index (χ1n) is 11.4. The standard InChI is InChI=1S/C24H29N5O6/c1-6-18-11-17(8-9-34-18)29(24(31)33-7-2)20-19-10-15(16-13-26-27(3)14-16)12-25-22(19)35-21(20)23(30)28(4)32-5/h6,10,12-14,17H,7-9,11H2,1-5H3/b18-6+/t17-/m0/s1. The molecule has 2 amide bonds. The number of anilines is 1. The summed E-state index contributed by atoms with van der Waals surface area (Å²) in [5, 5.41) is 5.76. The Morgan fingerprint density at radius 2 is 2.11 bits per heavy atom. The maximum absolute atomic E-state index is 13.4. The van der Waals surface area contributed by atoms with Crippen molar-refractivity contribution >= 4 is 28.8 Å². The Balaban J connectivity index is 1.94. The van der Waals surface area contributed by atoms with Gasteiger partial charge in [-0.2, -0.15) is 5.10 Å². The van der Waals surface area contributed by atoms with E-state index in [1.54, 1.807) is 24.0 Å². The lowest BCUT2D eigenvalue weighted by molar-refractivity contribution is -0.0772. The normalized spacial score (nSPS) is 16.8. The van der Waals surface area contributed by atoms with Gasteiger partial charge < -0.3 is 13.9 Å². The van der Waals surface area contributed by atoms with E-state index in [4.69, 9.17) is 18.7 Å². The molecule has 1 aliphatic heterocycles. The molecule has 0 spiro atoms. The molecule has 11 heteroatoms. The van der Waals surface area contributed by atoms with Gasteiger partial charge in [0.05, 0.1) is 43.7 Å². The number of rotatable bonds is 6. The molecule has 1 fully saturated rings. The summed E-state index contributed by atoms with van der Waals surface area (Å²) in [5.74, 6) is 0.136. The fourth-order valence-electron chi connectivity index (χ4n) is 4.07. The zero-order valence-corrected chi connectivity index (χ0v) is 20.5. The topological polar surface area (TPSA) is 112 Å². The highest BCUT2D eigenvalue weighted by Crippen LogP contribution is 2.39. The maximum Gasteiger partial charge on any atom is 0.414 e. The first kappa shape index (κ1) is 24.3. The van der Waals surface area contributed by atoms with Gasteiger partial charge in [-0.15, -0.1) is 0 Å². The number of hydroxylamine groups is 2. The molecule has 3 aromatic heterocycles. The van der Waals surface area contributed by atoms with E-state index < -0.39 is 12.0 Å². The van der Waals surface area contributed by atoms with E-state index in [9.17, 15) is 9.59 Å². The number of allylic oxidation sites excluding steroid dienone is 1. The van der Waals surface area contributed by atoms with Crippen LogP contribution in [0.2, 0.25) is 0 Å². The molecule has 4 rings (SSSR count). The van der Waals surface area contributed by atoms with Crippen molar-refractivity contribution in [2.45, 2.75) is 32.7 Å². The summed E-state index contributed by atoms with van der Waals surface area (Å²) in [5.41, 5.74) is 2.10. The zero-order chi connectivity index (χ0) is 25.1. The van der Waals surface area contributed by atoms with Crippen LogP contribution in [-0.4, -0.2) is 65.2 Å². The number of hydrogen-bond donors (Lipinski definition) is 0. The minimum absolute atomic E-state index is 0.0678. The van der Waals surface area contributed by atoms with Crippen molar-refractivity contribution < 1.29 is 28.3 Å². The largest absolute Gasteiger partial charge is 0.498 e. The van der Waals surface area contributed by atoms with E-state index in [-0.39, 0.29) is 29.8 Å². The van der Waals surface area contributed by atoms with Crippen molar-refractivity contribution in [3.63, 3.8) is 0 Å². The van der Waals surface area contributed by atoms with Gasteiger partial charge in [0.1, 0.15) is 5.69 Å². The number of aromatic nitrogens is 3. The predicted molar refractivity (Wildman–Crippen MR) is 128 cm³/mol. The van der Waals surface area contributed by atoms with Crippen molar-refractivity contribution in [1.82, 2.24) is 19.8 Å². The third-order valence-corrected chi connectivity index (χ3v) is 5.88. The smallest absolute Gasteiger partial charge is 0.414 e. The first-order chi connectivity index (χ1) is 16.9. The molecule has 1 saturated heterocycles. The average molecular weight is 484 g/mol. The second-order valence-electron chi connectivity index (χ2n) is 8.06. The van der Waals surface area contributed by atoms with Crippen LogP contribution < -0.4 is 4.90 Å². The van der Waals surface area contributed by atoms with E-state index in [1.807, 2.05) is 32.3 Å². The summed E-state index contributed by atoms with van der Waals surface area (Å²) in [4.78, 5) is 37.7. The number of carbonyl (C=O) groups is 2. The molecule has 35 heavy (non-hydrogen) atoms. The molecule has 0 N–H and O–H groups in total. The molecule has 186 valence electrons. The fraction of sp³-hybridized carbons (Fsp3) is 0.417. The highest BCUT2D eigenvalue weighted by atomic mass is 16.7. The number of nitrogens with zero attached hydrogens (tertiary/aromatic N) is 5. The Bertz CT molecular complexity index is 1260. The summed E-state index contributed by atoms with van der Waals surface area (Å²) in [7, 11) is 4.66. The van der Waals surface area contributed by atoms with Crippen molar-refractivity contribution in [3.8, 4) is 11.1 Å². The van der Waals surface area contributed by atoms with Crippen LogP contribution in [0.5, 0.6) is 0 Å². The molecule has 3 aromatic rings. The van der Waals surface area contributed by atoms with Gasteiger partial charge in [-0.05, 0) is 26.0 Å². The van der Waals surface area contributed by atoms with Crippen LogP contribution in [0.1, 0.15) is 37.2 Å². The van der Waals surface area contributed by atoms with Crippen LogP contribution >= 0.6 is 0 Å². The summed E-state index contributed by atoms with van der Waals surface area (Å²) >= 11 is 0. The molecule has 0 saturated carbocycles. The highest BCUT2D eigenvalue weighted by Gasteiger charge is 2.37.